The molecule has 0 aromatic heterocycles. The Labute approximate surface area is 128 Å². The molecule has 0 aliphatic rings. The minimum Gasteiger partial charge on any atom is -0.299 e. The van der Waals surface area contributed by atoms with Gasteiger partial charge >= 0.3 is 0 Å². The molecule has 0 bridgehead atoms. The Morgan fingerprint density at radius 2 is 1.71 bits per heavy atom. The lowest BCUT2D eigenvalue weighted by atomic mass is 9.87. The lowest BCUT2D eigenvalue weighted by molar-refractivity contribution is -0.127. The van der Waals surface area contributed by atoms with Gasteiger partial charge in [-0.15, -0.1) is 0 Å². The standard InChI is InChI=1S/C19H28O2/c1-5-17(15-10-7-6-8-11-15)18(21)14-16(20)12-9-13-19(2,3)4/h6-8,10-11,17H,5,9,12-14H2,1-4H3. The largest absolute Gasteiger partial charge is 0.299 e. The third kappa shape index (κ3) is 6.70. The van der Waals surface area contributed by atoms with Crippen molar-refractivity contribution in [2.75, 3.05) is 0 Å². The molecule has 1 aromatic rings. The lowest BCUT2D eigenvalue weighted by Gasteiger charge is -2.17. The maximum atomic E-state index is 12.3. The fourth-order valence-corrected chi connectivity index (χ4v) is 2.56. The Morgan fingerprint density at radius 1 is 1.10 bits per heavy atom. The molecule has 0 amide bonds. The van der Waals surface area contributed by atoms with E-state index in [2.05, 4.69) is 20.8 Å². The van der Waals surface area contributed by atoms with E-state index in [9.17, 15) is 9.59 Å². The summed E-state index contributed by atoms with van der Waals surface area (Å²) in [5.41, 5.74) is 1.27. The molecule has 0 radical (unpaired) electrons. The molecule has 0 saturated carbocycles. The molecule has 2 heteroatoms. The number of carbonyl (C=O) groups is 2. The molecule has 1 atom stereocenters. The van der Waals surface area contributed by atoms with Crippen molar-refractivity contribution in [2.45, 2.75) is 65.7 Å². The van der Waals surface area contributed by atoms with Gasteiger partial charge in [-0.1, -0.05) is 58.0 Å². The summed E-state index contributed by atoms with van der Waals surface area (Å²) in [6.45, 7) is 8.51. The molecular weight excluding hydrogens is 260 g/mol. The normalized spacial score (nSPS) is 13.0. The molecule has 0 saturated heterocycles. The predicted molar refractivity (Wildman–Crippen MR) is 87.4 cm³/mol. The Bertz CT molecular complexity index is 454. The first-order valence-electron chi connectivity index (χ1n) is 7.93. The second-order valence-corrected chi connectivity index (χ2v) is 6.97. The summed E-state index contributed by atoms with van der Waals surface area (Å²) in [4.78, 5) is 24.3. The molecular formula is C19H28O2. The van der Waals surface area contributed by atoms with Crippen molar-refractivity contribution in [3.05, 3.63) is 35.9 Å². The Morgan fingerprint density at radius 3 is 2.24 bits per heavy atom. The van der Waals surface area contributed by atoms with Crippen LogP contribution in [0.2, 0.25) is 0 Å². The van der Waals surface area contributed by atoms with E-state index in [1.54, 1.807) is 0 Å². The van der Waals surface area contributed by atoms with Crippen molar-refractivity contribution in [3.63, 3.8) is 0 Å². The van der Waals surface area contributed by atoms with Crippen LogP contribution in [0.4, 0.5) is 0 Å². The first kappa shape index (κ1) is 17.6. The highest BCUT2D eigenvalue weighted by Gasteiger charge is 2.21. The Hall–Kier alpha value is -1.44. The zero-order valence-corrected chi connectivity index (χ0v) is 13.8. The Balaban J connectivity index is 2.49. The minimum absolute atomic E-state index is 0.0597. The van der Waals surface area contributed by atoms with E-state index >= 15 is 0 Å². The average molecular weight is 288 g/mol. The van der Waals surface area contributed by atoms with Crippen molar-refractivity contribution >= 4 is 11.6 Å². The van der Waals surface area contributed by atoms with Crippen LogP contribution in [0.3, 0.4) is 0 Å². The molecule has 21 heavy (non-hydrogen) atoms. The summed E-state index contributed by atoms with van der Waals surface area (Å²) in [7, 11) is 0. The number of hydrogen-bond donors (Lipinski definition) is 0. The van der Waals surface area contributed by atoms with Gasteiger partial charge in [0.1, 0.15) is 11.6 Å². The summed E-state index contributed by atoms with van der Waals surface area (Å²) in [5.74, 6) is 0.000793. The summed E-state index contributed by atoms with van der Waals surface area (Å²) in [6.07, 6.45) is 3.24. The highest BCUT2D eigenvalue weighted by molar-refractivity contribution is 6.02. The first-order chi connectivity index (χ1) is 9.83. The van der Waals surface area contributed by atoms with E-state index in [1.807, 2.05) is 37.3 Å². The molecule has 0 spiro atoms. The first-order valence-corrected chi connectivity index (χ1v) is 7.93. The number of benzene rings is 1. The zero-order valence-electron chi connectivity index (χ0n) is 13.8. The van der Waals surface area contributed by atoms with Crippen molar-refractivity contribution < 1.29 is 9.59 Å². The van der Waals surface area contributed by atoms with Crippen LogP contribution < -0.4 is 0 Å². The van der Waals surface area contributed by atoms with Gasteiger partial charge in [0.15, 0.2) is 0 Å². The molecule has 1 aromatic carbocycles. The second-order valence-electron chi connectivity index (χ2n) is 6.97. The SMILES string of the molecule is CCC(C(=O)CC(=O)CCCC(C)(C)C)c1ccccc1. The van der Waals surface area contributed by atoms with Gasteiger partial charge in [0, 0.05) is 12.3 Å². The van der Waals surface area contributed by atoms with E-state index in [1.165, 1.54) is 0 Å². The molecule has 0 aliphatic heterocycles. The molecule has 0 aliphatic carbocycles. The van der Waals surface area contributed by atoms with Crippen LogP contribution in [0.1, 0.15) is 71.3 Å². The molecule has 0 N–H and O–H groups in total. The van der Waals surface area contributed by atoms with Crippen molar-refractivity contribution in [1.29, 1.82) is 0 Å². The summed E-state index contributed by atoms with van der Waals surface area (Å²) in [5, 5.41) is 0. The number of rotatable bonds is 8. The van der Waals surface area contributed by atoms with E-state index in [0.717, 1.165) is 24.8 Å². The van der Waals surface area contributed by atoms with Gasteiger partial charge in [-0.25, -0.2) is 0 Å². The second kappa shape index (κ2) is 8.11. The highest BCUT2D eigenvalue weighted by Crippen LogP contribution is 2.24. The number of hydrogen-bond acceptors (Lipinski definition) is 2. The molecule has 1 rings (SSSR count). The van der Waals surface area contributed by atoms with Gasteiger partial charge < -0.3 is 0 Å². The monoisotopic (exact) mass is 288 g/mol. The maximum Gasteiger partial charge on any atom is 0.147 e. The van der Waals surface area contributed by atoms with Gasteiger partial charge in [0.05, 0.1) is 6.42 Å². The zero-order chi connectivity index (χ0) is 15.9. The van der Waals surface area contributed by atoms with Crippen molar-refractivity contribution in [2.24, 2.45) is 5.41 Å². The molecule has 0 heterocycles. The topological polar surface area (TPSA) is 34.1 Å². The Kier molecular flexibility index (Phi) is 6.80. The molecule has 2 nitrogen and oxygen atoms in total. The van der Waals surface area contributed by atoms with Crippen molar-refractivity contribution in [1.82, 2.24) is 0 Å². The maximum absolute atomic E-state index is 12.3. The summed E-state index contributed by atoms with van der Waals surface area (Å²) >= 11 is 0. The van der Waals surface area contributed by atoms with Crippen LogP contribution in [0.15, 0.2) is 30.3 Å². The number of Topliss-reactive ketones (excluding diaryl/α,β-unsaturated/α-hetero) is 2. The molecule has 0 fully saturated rings. The van der Waals surface area contributed by atoms with Crippen LogP contribution in [-0.4, -0.2) is 11.6 Å². The van der Waals surface area contributed by atoms with E-state index < -0.39 is 0 Å². The van der Waals surface area contributed by atoms with E-state index in [0.29, 0.717) is 6.42 Å². The predicted octanol–water partition coefficient (Wildman–Crippen LogP) is 4.92. The van der Waals surface area contributed by atoms with Gasteiger partial charge in [0.2, 0.25) is 0 Å². The third-order valence-corrected chi connectivity index (χ3v) is 3.75. The van der Waals surface area contributed by atoms with E-state index in [-0.39, 0.29) is 29.3 Å². The fraction of sp³-hybridized carbons (Fsp3) is 0.579. The van der Waals surface area contributed by atoms with Crippen LogP contribution in [0.5, 0.6) is 0 Å². The van der Waals surface area contributed by atoms with Gasteiger partial charge in [0.25, 0.3) is 0 Å². The fourth-order valence-electron chi connectivity index (χ4n) is 2.56. The summed E-state index contributed by atoms with van der Waals surface area (Å²) in [6, 6.07) is 9.76. The van der Waals surface area contributed by atoms with Gasteiger partial charge in [-0.3, -0.25) is 9.59 Å². The third-order valence-electron chi connectivity index (χ3n) is 3.75. The van der Waals surface area contributed by atoms with Crippen molar-refractivity contribution in [3.8, 4) is 0 Å². The van der Waals surface area contributed by atoms with Gasteiger partial charge in [-0.2, -0.15) is 0 Å². The quantitative estimate of drug-likeness (QED) is 0.636. The van der Waals surface area contributed by atoms with Gasteiger partial charge in [-0.05, 0) is 30.2 Å². The average Bonchev–Trinajstić information content (AvgIpc) is 2.39. The minimum atomic E-state index is -0.141. The smallest absolute Gasteiger partial charge is 0.147 e. The van der Waals surface area contributed by atoms with Crippen LogP contribution in [-0.2, 0) is 9.59 Å². The molecule has 116 valence electrons. The lowest BCUT2D eigenvalue weighted by Crippen LogP contribution is -2.16. The van der Waals surface area contributed by atoms with Crippen LogP contribution in [0.25, 0.3) is 0 Å². The van der Waals surface area contributed by atoms with Crippen LogP contribution >= 0.6 is 0 Å². The number of carbonyl (C=O) groups excluding carboxylic acids is 2. The van der Waals surface area contributed by atoms with E-state index in [4.69, 9.17) is 0 Å². The van der Waals surface area contributed by atoms with Crippen LogP contribution in [0, 0.1) is 5.41 Å². The number of ketones is 2. The highest BCUT2D eigenvalue weighted by atomic mass is 16.1. The summed E-state index contributed by atoms with van der Waals surface area (Å²) < 4.78 is 0. The molecule has 1 unspecified atom stereocenters.